The summed E-state index contributed by atoms with van der Waals surface area (Å²) in [5.41, 5.74) is 6.62. The second kappa shape index (κ2) is 10.7. The standard InChI is InChI=1S/C32H34N4O2S/c1-21-20-28(22(2)35(21)23-11-15-25(37-3)16-12-23)31-30(29-10-6-7-19-33-29)34-32(39)36(31)24-13-17-27(18-14-24)38-26-8-4-5-9-26/h6-7,10-20,26,30-31H,4-5,8-9H2,1-3H3,(H,34,39)/t30-,31+/m1/s1. The van der Waals surface area contributed by atoms with Crippen molar-refractivity contribution < 1.29 is 9.47 Å². The van der Waals surface area contributed by atoms with Crippen LogP contribution in [0, 0.1) is 13.8 Å². The van der Waals surface area contributed by atoms with Gasteiger partial charge < -0.3 is 24.3 Å². The number of rotatable bonds is 7. The van der Waals surface area contributed by atoms with Crippen LogP contribution < -0.4 is 19.7 Å². The van der Waals surface area contributed by atoms with Crippen molar-refractivity contribution >= 4 is 23.0 Å². The predicted molar refractivity (Wildman–Crippen MR) is 159 cm³/mol. The van der Waals surface area contributed by atoms with Crippen molar-refractivity contribution in [1.82, 2.24) is 14.9 Å². The first-order chi connectivity index (χ1) is 19.0. The molecule has 1 saturated heterocycles. The van der Waals surface area contributed by atoms with E-state index in [4.69, 9.17) is 26.7 Å². The van der Waals surface area contributed by atoms with Crippen molar-refractivity contribution in [1.29, 1.82) is 0 Å². The van der Waals surface area contributed by atoms with Crippen LogP contribution in [-0.4, -0.2) is 27.9 Å². The van der Waals surface area contributed by atoms with Gasteiger partial charge in [-0.25, -0.2) is 0 Å². The molecule has 0 bridgehead atoms. The number of ether oxygens (including phenoxy) is 2. The highest BCUT2D eigenvalue weighted by atomic mass is 32.1. The quantitative estimate of drug-likeness (QED) is 0.256. The lowest BCUT2D eigenvalue weighted by atomic mass is 9.96. The van der Waals surface area contributed by atoms with E-state index in [0.29, 0.717) is 11.2 Å². The van der Waals surface area contributed by atoms with Crippen LogP contribution in [0.3, 0.4) is 0 Å². The SMILES string of the molecule is COc1ccc(-n2c(C)cc([C@H]3[C@@H](c4ccccn4)NC(=S)N3c3ccc(OC4CCCC4)cc3)c2C)cc1. The number of hydrogen-bond donors (Lipinski definition) is 1. The summed E-state index contributed by atoms with van der Waals surface area (Å²) in [7, 11) is 1.69. The molecule has 1 aliphatic carbocycles. The van der Waals surface area contributed by atoms with Crippen LogP contribution in [0.4, 0.5) is 5.69 Å². The molecule has 6 rings (SSSR count). The number of nitrogens with one attached hydrogen (secondary N) is 1. The fourth-order valence-electron chi connectivity index (χ4n) is 6.05. The highest BCUT2D eigenvalue weighted by molar-refractivity contribution is 7.80. The van der Waals surface area contributed by atoms with Crippen LogP contribution >= 0.6 is 12.2 Å². The number of aromatic nitrogens is 2. The summed E-state index contributed by atoms with van der Waals surface area (Å²) in [6.07, 6.45) is 6.95. The van der Waals surface area contributed by atoms with Gasteiger partial charge in [-0.2, -0.15) is 0 Å². The average Bonchev–Trinajstić information content (AvgIpc) is 3.67. The Hall–Kier alpha value is -3.84. The van der Waals surface area contributed by atoms with Crippen molar-refractivity contribution in [3.05, 3.63) is 102 Å². The third kappa shape index (κ3) is 4.87. The van der Waals surface area contributed by atoms with E-state index in [1.807, 2.05) is 30.5 Å². The van der Waals surface area contributed by atoms with Gasteiger partial charge in [-0.3, -0.25) is 4.98 Å². The zero-order valence-electron chi connectivity index (χ0n) is 22.6. The molecule has 2 aliphatic rings. The summed E-state index contributed by atoms with van der Waals surface area (Å²) in [6, 6.07) is 24.7. The van der Waals surface area contributed by atoms with Crippen molar-refractivity contribution in [2.75, 3.05) is 12.0 Å². The van der Waals surface area contributed by atoms with Crippen LogP contribution in [0.5, 0.6) is 11.5 Å². The molecule has 39 heavy (non-hydrogen) atoms. The topological polar surface area (TPSA) is 51.5 Å². The predicted octanol–water partition coefficient (Wildman–Crippen LogP) is 7.00. The van der Waals surface area contributed by atoms with Gasteiger partial charge in [-0.05, 0) is 124 Å². The number of anilines is 1. The fourth-order valence-corrected chi connectivity index (χ4v) is 6.39. The summed E-state index contributed by atoms with van der Waals surface area (Å²) in [5.74, 6) is 1.76. The van der Waals surface area contributed by atoms with E-state index in [0.717, 1.165) is 47.1 Å². The highest BCUT2D eigenvalue weighted by Crippen LogP contribution is 2.44. The number of nitrogens with zero attached hydrogens (tertiary/aromatic N) is 3. The smallest absolute Gasteiger partial charge is 0.174 e. The molecular formula is C32H34N4O2S. The Bertz CT molecular complexity index is 1440. The minimum absolute atomic E-state index is 0.0767. The van der Waals surface area contributed by atoms with Crippen molar-refractivity contribution in [3.63, 3.8) is 0 Å². The second-order valence-corrected chi connectivity index (χ2v) is 10.8. The number of pyridine rings is 1. The van der Waals surface area contributed by atoms with E-state index in [1.165, 1.54) is 24.1 Å². The van der Waals surface area contributed by atoms with Gasteiger partial charge in [0.1, 0.15) is 11.5 Å². The van der Waals surface area contributed by atoms with Gasteiger partial charge in [0.05, 0.1) is 31.0 Å². The Morgan fingerprint density at radius 2 is 1.59 bits per heavy atom. The first-order valence-electron chi connectivity index (χ1n) is 13.6. The third-order valence-corrected chi connectivity index (χ3v) is 8.25. The molecule has 2 aromatic carbocycles. The maximum absolute atomic E-state index is 6.24. The first-order valence-corrected chi connectivity index (χ1v) is 14.0. The number of thiocarbonyl (C=S) groups is 1. The summed E-state index contributed by atoms with van der Waals surface area (Å²) >= 11 is 5.96. The van der Waals surface area contributed by atoms with Crippen LogP contribution in [0.15, 0.2) is 79.0 Å². The Morgan fingerprint density at radius 1 is 0.897 bits per heavy atom. The van der Waals surface area contributed by atoms with Crippen LogP contribution in [0.25, 0.3) is 5.69 Å². The second-order valence-electron chi connectivity index (χ2n) is 10.4. The van der Waals surface area contributed by atoms with E-state index in [2.05, 4.69) is 77.2 Å². The number of hydrogen-bond acceptors (Lipinski definition) is 4. The Morgan fingerprint density at radius 3 is 2.26 bits per heavy atom. The number of aryl methyl sites for hydroxylation is 1. The normalized spacial score (nSPS) is 19.4. The number of methoxy groups -OCH3 is 1. The summed E-state index contributed by atoms with van der Waals surface area (Å²) in [6.45, 7) is 4.33. The van der Waals surface area contributed by atoms with Gasteiger partial charge in [0.2, 0.25) is 0 Å². The molecule has 2 atom stereocenters. The van der Waals surface area contributed by atoms with Gasteiger partial charge in [-0.15, -0.1) is 0 Å². The van der Waals surface area contributed by atoms with E-state index in [1.54, 1.807) is 7.11 Å². The van der Waals surface area contributed by atoms with Gasteiger partial charge in [0.15, 0.2) is 5.11 Å². The van der Waals surface area contributed by atoms with E-state index in [-0.39, 0.29) is 12.1 Å². The third-order valence-electron chi connectivity index (χ3n) is 7.94. The molecule has 0 radical (unpaired) electrons. The van der Waals surface area contributed by atoms with E-state index < -0.39 is 0 Å². The van der Waals surface area contributed by atoms with Gasteiger partial charge >= 0.3 is 0 Å². The Kier molecular flexibility index (Phi) is 7.00. The molecule has 0 unspecified atom stereocenters. The lowest BCUT2D eigenvalue weighted by molar-refractivity contribution is 0.210. The van der Waals surface area contributed by atoms with Crippen molar-refractivity contribution in [2.45, 2.75) is 57.7 Å². The Labute approximate surface area is 235 Å². The van der Waals surface area contributed by atoms with Gasteiger partial charge in [0.25, 0.3) is 0 Å². The maximum Gasteiger partial charge on any atom is 0.174 e. The van der Waals surface area contributed by atoms with Crippen LogP contribution in [0.2, 0.25) is 0 Å². The molecule has 6 nitrogen and oxygen atoms in total. The molecular weight excluding hydrogens is 504 g/mol. The summed E-state index contributed by atoms with van der Waals surface area (Å²) in [4.78, 5) is 6.95. The van der Waals surface area contributed by atoms with Crippen LogP contribution in [0.1, 0.15) is 60.4 Å². The summed E-state index contributed by atoms with van der Waals surface area (Å²) in [5, 5.41) is 4.28. The molecule has 2 fully saturated rings. The lowest BCUT2D eigenvalue weighted by Crippen LogP contribution is -2.29. The molecule has 0 amide bonds. The maximum atomic E-state index is 6.24. The molecule has 1 aliphatic heterocycles. The monoisotopic (exact) mass is 538 g/mol. The summed E-state index contributed by atoms with van der Waals surface area (Å²) < 4.78 is 13.9. The molecule has 0 spiro atoms. The number of benzene rings is 2. The van der Waals surface area contributed by atoms with Gasteiger partial charge in [-0.1, -0.05) is 6.07 Å². The molecule has 4 aromatic rings. The molecule has 7 heteroatoms. The average molecular weight is 539 g/mol. The molecule has 1 N–H and O–H groups in total. The van der Waals surface area contributed by atoms with E-state index >= 15 is 0 Å². The minimum atomic E-state index is -0.0991. The molecule has 1 saturated carbocycles. The largest absolute Gasteiger partial charge is 0.497 e. The first kappa shape index (κ1) is 25.4. The van der Waals surface area contributed by atoms with Crippen molar-refractivity contribution in [3.8, 4) is 17.2 Å². The van der Waals surface area contributed by atoms with Crippen molar-refractivity contribution in [2.24, 2.45) is 0 Å². The zero-order chi connectivity index (χ0) is 26.9. The zero-order valence-corrected chi connectivity index (χ0v) is 23.4. The Balaban J connectivity index is 1.40. The highest BCUT2D eigenvalue weighted by Gasteiger charge is 2.42. The molecule has 200 valence electrons. The lowest BCUT2D eigenvalue weighted by Gasteiger charge is -2.28. The van der Waals surface area contributed by atoms with Gasteiger partial charge in [0, 0.05) is 29.0 Å². The van der Waals surface area contributed by atoms with Crippen LogP contribution in [-0.2, 0) is 0 Å². The molecule has 2 aromatic heterocycles. The minimum Gasteiger partial charge on any atom is -0.497 e. The fraction of sp³-hybridized carbons (Fsp3) is 0.312. The molecule has 3 heterocycles. The van der Waals surface area contributed by atoms with E-state index in [9.17, 15) is 0 Å².